The number of anilines is 1. The maximum Gasteiger partial charge on any atom is 0.255 e. The summed E-state index contributed by atoms with van der Waals surface area (Å²) < 4.78 is 0. The first-order valence-corrected chi connectivity index (χ1v) is 16.9. The number of halogens is 1. The van der Waals surface area contributed by atoms with Crippen LogP contribution in [0, 0.1) is 11.8 Å². The number of ketones is 1. The molecule has 1 saturated heterocycles. The number of benzene rings is 5. The van der Waals surface area contributed by atoms with E-state index in [4.69, 9.17) is 11.6 Å². The highest BCUT2D eigenvalue weighted by Crippen LogP contribution is 2.60. The van der Waals surface area contributed by atoms with E-state index in [1.54, 1.807) is 12.1 Å². The molecule has 5 nitrogen and oxygen atoms in total. The number of para-hydroxylation sites is 1. The van der Waals surface area contributed by atoms with Gasteiger partial charge in [0.05, 0.1) is 11.8 Å². The average molecular weight is 653 g/mol. The minimum Gasteiger partial charge on any atom is -0.323 e. The molecule has 1 fully saturated rings. The molecular formula is C42H37ClN2O3. The largest absolute Gasteiger partial charge is 0.323 e. The molecule has 1 spiro atoms. The molecule has 4 unspecified atom stereocenters. The summed E-state index contributed by atoms with van der Waals surface area (Å²) in [6.07, 6.45) is 0.575. The Hall–Kier alpha value is -5.00. The van der Waals surface area contributed by atoms with Crippen LogP contribution in [0.2, 0.25) is 5.02 Å². The maximum atomic E-state index is 15.8. The quantitative estimate of drug-likeness (QED) is 0.170. The zero-order chi connectivity index (χ0) is 33.4. The Morgan fingerprint density at radius 1 is 0.750 bits per heavy atom. The Kier molecular flexibility index (Phi) is 8.49. The second-order valence-corrected chi connectivity index (χ2v) is 13.6. The summed E-state index contributed by atoms with van der Waals surface area (Å²) in [4.78, 5) is 47.8. The van der Waals surface area contributed by atoms with Crippen molar-refractivity contribution in [1.29, 1.82) is 0 Å². The van der Waals surface area contributed by atoms with E-state index in [0.717, 1.165) is 16.7 Å². The standard InChI is InChI=1S/C42H37ClN2O3/c1-27(2)26-35-37(30-22-24-32(43)25-23-30)38(39(46)31-18-10-5-11-19-31)42(33-20-12-13-21-34(33)44-41(42)48)45(35)40(47)36(28-14-6-3-7-15-28)29-16-8-4-9-17-29/h3-25,27,35-38H,26H2,1-2H3,(H,44,48). The molecule has 2 heterocycles. The Balaban J connectivity index is 1.56. The minimum atomic E-state index is -1.62. The summed E-state index contributed by atoms with van der Waals surface area (Å²) in [6.45, 7) is 4.24. The van der Waals surface area contributed by atoms with Crippen molar-refractivity contribution in [2.45, 2.75) is 43.7 Å². The number of carbonyl (C=O) groups excluding carboxylic acids is 3. The Labute approximate surface area is 286 Å². The van der Waals surface area contributed by atoms with Gasteiger partial charge in [0.25, 0.3) is 5.91 Å². The van der Waals surface area contributed by atoms with Crippen LogP contribution < -0.4 is 5.32 Å². The van der Waals surface area contributed by atoms with Crippen LogP contribution in [0.5, 0.6) is 0 Å². The number of rotatable bonds is 8. The van der Waals surface area contributed by atoms with Gasteiger partial charge in [-0.25, -0.2) is 0 Å². The van der Waals surface area contributed by atoms with Crippen molar-refractivity contribution in [3.63, 3.8) is 0 Å². The van der Waals surface area contributed by atoms with Gasteiger partial charge in [0.15, 0.2) is 11.3 Å². The summed E-state index contributed by atoms with van der Waals surface area (Å²) in [6, 6.07) is 43.1. The summed E-state index contributed by atoms with van der Waals surface area (Å²) in [7, 11) is 0. The van der Waals surface area contributed by atoms with Crippen LogP contribution in [-0.2, 0) is 15.1 Å². The lowest BCUT2D eigenvalue weighted by Gasteiger charge is -2.41. The lowest BCUT2D eigenvalue weighted by atomic mass is 9.69. The predicted molar refractivity (Wildman–Crippen MR) is 190 cm³/mol. The van der Waals surface area contributed by atoms with Crippen LogP contribution in [0.1, 0.15) is 64.7 Å². The number of carbonyl (C=O) groups is 3. The van der Waals surface area contributed by atoms with Crippen LogP contribution in [0.25, 0.3) is 0 Å². The van der Waals surface area contributed by atoms with E-state index < -0.39 is 29.3 Å². The third kappa shape index (κ3) is 5.23. The Morgan fingerprint density at radius 2 is 1.29 bits per heavy atom. The van der Waals surface area contributed by atoms with Gasteiger partial charge >= 0.3 is 0 Å². The molecule has 5 aromatic carbocycles. The number of nitrogens with one attached hydrogen (secondary N) is 1. The molecule has 1 N–H and O–H groups in total. The number of amides is 2. The molecule has 0 aromatic heterocycles. The van der Waals surface area contributed by atoms with Crippen LogP contribution in [0.15, 0.2) is 140 Å². The SMILES string of the molecule is CC(C)CC1C(c2ccc(Cl)cc2)C(C(=O)c2ccccc2)C2(C(=O)Nc3ccccc32)N1C(=O)C(c1ccccc1)c1ccccc1. The molecule has 7 rings (SSSR count). The van der Waals surface area contributed by atoms with Crippen LogP contribution >= 0.6 is 11.6 Å². The molecule has 5 aromatic rings. The van der Waals surface area contributed by atoms with Gasteiger partial charge in [-0.05, 0) is 47.2 Å². The Bertz CT molecular complexity index is 1910. The number of hydrogen-bond donors (Lipinski definition) is 1. The number of likely N-dealkylation sites (tertiary alicyclic amines) is 1. The van der Waals surface area contributed by atoms with Crippen LogP contribution in [0.3, 0.4) is 0 Å². The number of fused-ring (bicyclic) bond motifs is 2. The van der Waals surface area contributed by atoms with Crippen molar-refractivity contribution in [3.05, 3.63) is 172 Å². The predicted octanol–water partition coefficient (Wildman–Crippen LogP) is 8.86. The summed E-state index contributed by atoms with van der Waals surface area (Å²) >= 11 is 6.41. The van der Waals surface area contributed by atoms with E-state index in [1.165, 1.54) is 0 Å². The lowest BCUT2D eigenvalue weighted by Crippen LogP contribution is -2.57. The first kappa shape index (κ1) is 31.6. The normalized spacial score (nSPS) is 21.5. The fourth-order valence-electron chi connectivity index (χ4n) is 8.08. The van der Waals surface area contributed by atoms with Crippen LogP contribution in [0.4, 0.5) is 5.69 Å². The van der Waals surface area contributed by atoms with Crippen molar-refractivity contribution < 1.29 is 14.4 Å². The molecule has 0 aliphatic carbocycles. The van der Waals surface area contributed by atoms with Crippen molar-refractivity contribution in [3.8, 4) is 0 Å². The highest BCUT2D eigenvalue weighted by molar-refractivity contribution is 6.30. The van der Waals surface area contributed by atoms with Gasteiger partial charge in [0.2, 0.25) is 5.91 Å². The van der Waals surface area contributed by atoms with Gasteiger partial charge in [0.1, 0.15) is 0 Å². The highest BCUT2D eigenvalue weighted by Gasteiger charge is 2.70. The van der Waals surface area contributed by atoms with Crippen molar-refractivity contribution >= 4 is 34.9 Å². The van der Waals surface area contributed by atoms with Gasteiger partial charge < -0.3 is 10.2 Å². The molecule has 6 heteroatoms. The van der Waals surface area contributed by atoms with E-state index in [2.05, 4.69) is 19.2 Å². The second kappa shape index (κ2) is 12.9. The van der Waals surface area contributed by atoms with Crippen LogP contribution in [-0.4, -0.2) is 28.5 Å². The third-order valence-corrected chi connectivity index (χ3v) is 10.2. The molecule has 2 amide bonds. The second-order valence-electron chi connectivity index (χ2n) is 13.2. The molecule has 4 atom stereocenters. The molecule has 0 radical (unpaired) electrons. The van der Waals surface area contributed by atoms with E-state index >= 15 is 9.59 Å². The van der Waals surface area contributed by atoms with Gasteiger partial charge in [-0.2, -0.15) is 0 Å². The molecule has 240 valence electrons. The van der Waals surface area contributed by atoms with Crippen molar-refractivity contribution in [1.82, 2.24) is 4.90 Å². The monoisotopic (exact) mass is 652 g/mol. The van der Waals surface area contributed by atoms with Gasteiger partial charge in [-0.3, -0.25) is 14.4 Å². The number of Topliss-reactive ketones (excluding diaryl/α,β-unsaturated/α-hetero) is 1. The smallest absolute Gasteiger partial charge is 0.255 e. The number of nitrogens with zero attached hydrogens (tertiary/aromatic N) is 1. The molecule has 2 aliphatic rings. The van der Waals surface area contributed by atoms with E-state index in [0.29, 0.717) is 28.3 Å². The zero-order valence-electron chi connectivity index (χ0n) is 26.9. The molecule has 48 heavy (non-hydrogen) atoms. The van der Waals surface area contributed by atoms with E-state index in [1.807, 2.05) is 132 Å². The maximum absolute atomic E-state index is 15.8. The Morgan fingerprint density at radius 3 is 1.88 bits per heavy atom. The molecule has 2 aliphatic heterocycles. The molecule has 0 saturated carbocycles. The summed E-state index contributed by atoms with van der Waals surface area (Å²) in [5.74, 6) is -2.76. The van der Waals surface area contributed by atoms with Crippen molar-refractivity contribution in [2.75, 3.05) is 5.32 Å². The molecule has 0 bridgehead atoms. The van der Waals surface area contributed by atoms with E-state index in [-0.39, 0.29) is 23.5 Å². The third-order valence-electron chi connectivity index (χ3n) is 9.93. The van der Waals surface area contributed by atoms with Gasteiger partial charge in [0, 0.05) is 33.8 Å². The first-order chi connectivity index (χ1) is 23.3. The first-order valence-electron chi connectivity index (χ1n) is 16.5. The molecular weight excluding hydrogens is 616 g/mol. The summed E-state index contributed by atoms with van der Waals surface area (Å²) in [5, 5.41) is 3.69. The topological polar surface area (TPSA) is 66.5 Å². The van der Waals surface area contributed by atoms with Gasteiger partial charge in [-0.1, -0.05) is 147 Å². The fraction of sp³-hybridized carbons (Fsp3) is 0.214. The minimum absolute atomic E-state index is 0.148. The average Bonchev–Trinajstić information content (AvgIpc) is 3.56. The lowest BCUT2D eigenvalue weighted by molar-refractivity contribution is -0.147. The number of hydrogen-bond acceptors (Lipinski definition) is 3. The summed E-state index contributed by atoms with van der Waals surface area (Å²) in [5.41, 5.74) is 2.64. The fourth-order valence-corrected chi connectivity index (χ4v) is 8.21. The van der Waals surface area contributed by atoms with Crippen molar-refractivity contribution in [2.24, 2.45) is 11.8 Å². The highest BCUT2D eigenvalue weighted by atomic mass is 35.5. The zero-order valence-corrected chi connectivity index (χ0v) is 27.7. The van der Waals surface area contributed by atoms with Gasteiger partial charge in [-0.15, -0.1) is 0 Å². The van der Waals surface area contributed by atoms with E-state index in [9.17, 15) is 4.79 Å².